The third-order valence-corrected chi connectivity index (χ3v) is 7.29. The Balaban J connectivity index is 1.20. The molecule has 206 valence electrons. The summed E-state index contributed by atoms with van der Waals surface area (Å²) in [6.07, 6.45) is 4.46. The van der Waals surface area contributed by atoms with Crippen LogP contribution in [0.2, 0.25) is 0 Å². The van der Waals surface area contributed by atoms with Gasteiger partial charge in [0.05, 0.1) is 24.1 Å². The van der Waals surface area contributed by atoms with Gasteiger partial charge in [0.15, 0.2) is 17.7 Å². The molecule has 1 aliphatic rings. The summed E-state index contributed by atoms with van der Waals surface area (Å²) in [6, 6.07) is 15.3. The fraction of sp³-hybridized carbons (Fsp3) is 0.200. The van der Waals surface area contributed by atoms with Crippen LogP contribution in [0.3, 0.4) is 0 Å². The lowest BCUT2D eigenvalue weighted by Gasteiger charge is -2.40. The van der Waals surface area contributed by atoms with Gasteiger partial charge >= 0.3 is 0 Å². The molecule has 4 heterocycles. The molecule has 41 heavy (non-hydrogen) atoms. The molecule has 2 aromatic carbocycles. The van der Waals surface area contributed by atoms with E-state index in [0.717, 1.165) is 23.2 Å². The maximum Gasteiger partial charge on any atom is 0.167 e. The van der Waals surface area contributed by atoms with E-state index >= 15 is 0 Å². The molecule has 5 aromatic rings. The summed E-state index contributed by atoms with van der Waals surface area (Å²) in [5.41, 5.74) is 10.2. The van der Waals surface area contributed by atoms with Crippen LogP contribution in [-0.2, 0) is 6.42 Å². The summed E-state index contributed by atoms with van der Waals surface area (Å²) in [7, 11) is 1.46. The molecule has 10 nitrogen and oxygen atoms in total. The lowest BCUT2D eigenvalue weighted by Crippen LogP contribution is -2.48. The lowest BCUT2D eigenvalue weighted by molar-refractivity contribution is 0.0979. The summed E-state index contributed by atoms with van der Waals surface area (Å²) < 4.78 is 20.8. The van der Waals surface area contributed by atoms with Crippen molar-refractivity contribution in [1.82, 2.24) is 24.7 Å². The minimum Gasteiger partial charge on any atom is -0.496 e. The second-order valence-corrected chi connectivity index (χ2v) is 9.84. The van der Waals surface area contributed by atoms with Gasteiger partial charge in [-0.15, -0.1) is 0 Å². The number of fused-ring (bicyclic) bond motifs is 1. The zero-order chi connectivity index (χ0) is 28.5. The summed E-state index contributed by atoms with van der Waals surface area (Å²) in [4.78, 5) is 38.8. The van der Waals surface area contributed by atoms with Gasteiger partial charge in [0, 0.05) is 36.8 Å². The number of aldehydes is 1. The summed E-state index contributed by atoms with van der Waals surface area (Å²) in [6.45, 7) is 1.35. The first-order chi connectivity index (χ1) is 19.9. The van der Waals surface area contributed by atoms with Crippen molar-refractivity contribution in [3.05, 3.63) is 89.6 Å². The highest BCUT2D eigenvalue weighted by Crippen LogP contribution is 2.35. The van der Waals surface area contributed by atoms with Crippen molar-refractivity contribution in [1.29, 1.82) is 0 Å². The van der Waals surface area contributed by atoms with Crippen LogP contribution in [0.5, 0.6) is 5.75 Å². The highest BCUT2D eigenvalue weighted by atomic mass is 19.1. The smallest absolute Gasteiger partial charge is 0.167 e. The molecular formula is C30H26FN7O3. The summed E-state index contributed by atoms with van der Waals surface area (Å²) in [5, 5.41) is 5.59. The highest BCUT2D eigenvalue weighted by molar-refractivity contribution is 5.99. The fourth-order valence-electron chi connectivity index (χ4n) is 5.02. The number of hydrogen-bond donors (Lipinski definition) is 1. The average molecular weight is 552 g/mol. The minimum atomic E-state index is -0.479. The number of Topliss-reactive ketones (excluding diaryl/α,β-unsaturated/α-hetero) is 1. The first-order valence-electron chi connectivity index (χ1n) is 13.1. The number of halogens is 1. The number of anilines is 2. The molecule has 0 aliphatic carbocycles. The zero-order valence-corrected chi connectivity index (χ0v) is 22.2. The predicted molar refractivity (Wildman–Crippen MR) is 152 cm³/mol. The number of methoxy groups -OCH3 is 1. The number of carbonyl (C=O) groups excluding carboxylic acids is 2. The first-order valence-corrected chi connectivity index (χ1v) is 13.1. The van der Waals surface area contributed by atoms with E-state index in [1.165, 1.54) is 31.6 Å². The number of aromatic nitrogens is 5. The summed E-state index contributed by atoms with van der Waals surface area (Å²) in [5.74, 6) is 0.827. The van der Waals surface area contributed by atoms with E-state index in [1.807, 2.05) is 35.0 Å². The molecule has 0 radical (unpaired) electrons. The molecule has 0 saturated carbocycles. The SMILES string of the molecule is COc1ccc(F)cc1C(=O)CCc1ccc(-c2nn(C3CN(c4ccc(C=O)cn4)C3)c3ncnc(N)c23)cc1. The van der Waals surface area contributed by atoms with Crippen molar-refractivity contribution >= 4 is 34.7 Å². The number of rotatable bonds is 9. The van der Waals surface area contributed by atoms with Gasteiger partial charge in [-0.05, 0) is 42.3 Å². The van der Waals surface area contributed by atoms with Crippen LogP contribution in [0.15, 0.2) is 67.1 Å². The number of hydrogen-bond acceptors (Lipinski definition) is 9. The molecule has 0 spiro atoms. The molecule has 6 rings (SSSR count). The van der Waals surface area contributed by atoms with E-state index in [1.54, 1.807) is 12.3 Å². The molecule has 2 N–H and O–H groups in total. The van der Waals surface area contributed by atoms with Gasteiger partial charge in [0.25, 0.3) is 0 Å². The number of nitrogens with two attached hydrogens (primary N) is 1. The second-order valence-electron chi connectivity index (χ2n) is 9.84. The number of nitrogens with zero attached hydrogens (tertiary/aromatic N) is 6. The quantitative estimate of drug-likeness (QED) is 0.210. The third kappa shape index (κ3) is 4.97. The van der Waals surface area contributed by atoms with Crippen LogP contribution in [0.1, 0.15) is 38.7 Å². The van der Waals surface area contributed by atoms with Crippen LogP contribution < -0.4 is 15.4 Å². The second kappa shape index (κ2) is 10.8. The van der Waals surface area contributed by atoms with Gasteiger partial charge in [0.2, 0.25) is 0 Å². The van der Waals surface area contributed by atoms with Crippen LogP contribution >= 0.6 is 0 Å². The van der Waals surface area contributed by atoms with Crippen LogP contribution in [0.4, 0.5) is 16.0 Å². The Morgan fingerprint density at radius 3 is 2.61 bits per heavy atom. The number of ether oxygens (including phenoxy) is 1. The van der Waals surface area contributed by atoms with Crippen LogP contribution in [-0.4, -0.2) is 57.0 Å². The summed E-state index contributed by atoms with van der Waals surface area (Å²) >= 11 is 0. The highest BCUT2D eigenvalue weighted by Gasteiger charge is 2.32. The van der Waals surface area contributed by atoms with Crippen LogP contribution in [0, 0.1) is 5.82 Å². The van der Waals surface area contributed by atoms with Gasteiger partial charge in [-0.25, -0.2) is 24.0 Å². The lowest BCUT2D eigenvalue weighted by atomic mass is 10.00. The molecule has 0 bridgehead atoms. The molecule has 0 atom stereocenters. The number of pyridine rings is 1. The monoisotopic (exact) mass is 551 g/mol. The number of ketones is 1. The topological polar surface area (TPSA) is 129 Å². The molecule has 3 aromatic heterocycles. The van der Waals surface area contributed by atoms with Crippen molar-refractivity contribution in [2.75, 3.05) is 30.8 Å². The van der Waals surface area contributed by atoms with Gasteiger partial charge in [-0.2, -0.15) is 5.10 Å². The fourth-order valence-corrected chi connectivity index (χ4v) is 5.02. The van der Waals surface area contributed by atoms with Crippen molar-refractivity contribution in [2.45, 2.75) is 18.9 Å². The van der Waals surface area contributed by atoms with E-state index in [9.17, 15) is 14.0 Å². The molecule has 1 saturated heterocycles. The Morgan fingerprint density at radius 1 is 1.10 bits per heavy atom. The molecule has 11 heteroatoms. The van der Waals surface area contributed by atoms with Gasteiger partial charge in [-0.1, -0.05) is 24.3 Å². The van der Waals surface area contributed by atoms with Crippen molar-refractivity contribution < 1.29 is 18.7 Å². The number of nitrogen functional groups attached to an aromatic ring is 1. The first kappa shape index (κ1) is 26.1. The minimum absolute atomic E-state index is 0.0539. The zero-order valence-electron chi connectivity index (χ0n) is 22.2. The largest absolute Gasteiger partial charge is 0.496 e. The molecular weight excluding hydrogens is 525 g/mol. The number of benzene rings is 2. The van der Waals surface area contributed by atoms with Gasteiger partial charge in [0.1, 0.15) is 35.2 Å². The Labute approximate surface area is 234 Å². The van der Waals surface area contributed by atoms with E-state index in [4.69, 9.17) is 15.6 Å². The normalized spacial score (nSPS) is 13.3. The van der Waals surface area contributed by atoms with Gasteiger partial charge in [-0.3, -0.25) is 9.59 Å². The van der Waals surface area contributed by atoms with Crippen molar-refractivity contribution in [3.63, 3.8) is 0 Å². The Morgan fingerprint density at radius 2 is 1.90 bits per heavy atom. The Kier molecular flexibility index (Phi) is 6.84. The van der Waals surface area contributed by atoms with E-state index in [0.29, 0.717) is 53.4 Å². The molecule has 0 amide bonds. The Hall–Kier alpha value is -5.19. The van der Waals surface area contributed by atoms with E-state index in [2.05, 4.69) is 19.9 Å². The van der Waals surface area contributed by atoms with Crippen molar-refractivity contribution in [3.8, 4) is 17.0 Å². The predicted octanol–water partition coefficient (Wildman–Crippen LogP) is 4.31. The maximum atomic E-state index is 13.7. The van der Waals surface area contributed by atoms with Crippen LogP contribution in [0.25, 0.3) is 22.3 Å². The number of aryl methyl sites for hydroxylation is 1. The Bertz CT molecular complexity index is 1750. The standard InChI is InChI=1S/C30H26FN7O3/c1-41-25-10-8-21(31)12-23(25)24(40)9-4-18-2-6-20(7-3-18)28-27-29(32)34-17-35-30(27)38(36-28)22-14-37(15-22)26-11-5-19(16-39)13-33-26/h2-3,5-8,10-13,16-17,22H,4,9,14-15H2,1H3,(H2,32,34,35). The maximum absolute atomic E-state index is 13.7. The average Bonchev–Trinajstić information content (AvgIpc) is 3.36. The molecule has 1 fully saturated rings. The van der Waals surface area contributed by atoms with E-state index in [-0.39, 0.29) is 23.8 Å². The molecule has 1 aliphatic heterocycles. The van der Waals surface area contributed by atoms with E-state index < -0.39 is 5.82 Å². The van der Waals surface area contributed by atoms with Gasteiger partial charge < -0.3 is 15.4 Å². The number of carbonyl (C=O) groups is 2. The third-order valence-electron chi connectivity index (χ3n) is 7.29. The molecule has 0 unspecified atom stereocenters. The van der Waals surface area contributed by atoms with Crippen molar-refractivity contribution in [2.24, 2.45) is 0 Å².